The number of H-pyrrole nitrogens is 1. The molecule has 4 heteroatoms. The molecule has 2 aromatic carbocycles. The molecule has 0 spiro atoms. The Balaban J connectivity index is 1.63. The molecule has 0 aliphatic carbocycles. The number of anilines is 1. The zero-order chi connectivity index (χ0) is 18.5. The highest BCUT2D eigenvalue weighted by atomic mass is 16.2. The fourth-order valence-corrected chi connectivity index (χ4v) is 3.36. The van der Waals surface area contributed by atoms with Crippen LogP contribution in [0.25, 0.3) is 10.9 Å². The Kier molecular flexibility index (Phi) is 5.61. The summed E-state index contributed by atoms with van der Waals surface area (Å²) >= 11 is 0. The molecule has 0 aliphatic rings. The van der Waals surface area contributed by atoms with Crippen molar-refractivity contribution >= 4 is 22.6 Å². The fourth-order valence-electron chi connectivity index (χ4n) is 3.36. The minimum Gasteiger partial charge on any atom is -0.361 e. The number of benzene rings is 2. The number of fused-ring (bicyclic) bond motifs is 1. The zero-order valence-electron chi connectivity index (χ0n) is 15.7. The van der Waals surface area contributed by atoms with Crippen LogP contribution in [0, 0.1) is 0 Å². The minimum atomic E-state index is -0.146. The fraction of sp³-hybridized carbons (Fsp3) is 0.318. The van der Waals surface area contributed by atoms with Crippen molar-refractivity contribution in [3.05, 3.63) is 65.4 Å². The molecule has 4 nitrogen and oxygen atoms in total. The monoisotopic (exact) mass is 349 g/mol. The largest absolute Gasteiger partial charge is 0.361 e. The van der Waals surface area contributed by atoms with Crippen LogP contribution >= 0.6 is 0 Å². The van der Waals surface area contributed by atoms with Gasteiger partial charge in [-0.3, -0.25) is 0 Å². The number of carbonyl (C=O) groups excluding carboxylic acids is 1. The smallest absolute Gasteiger partial charge is 0.319 e. The van der Waals surface area contributed by atoms with Gasteiger partial charge in [-0.15, -0.1) is 0 Å². The molecule has 0 atom stereocenters. The number of amides is 2. The Morgan fingerprint density at radius 3 is 2.65 bits per heavy atom. The molecule has 3 rings (SSSR count). The van der Waals surface area contributed by atoms with Gasteiger partial charge in [-0.2, -0.15) is 0 Å². The standard InChI is InChI=1S/C22H27N3O/c1-4-16-8-7-10-18(15(2)3)21(16)25-22(26)23-13-12-17-14-24-20-11-6-5-9-19(17)20/h5-11,14-15,24H,4,12-13H2,1-3H3,(H2,23,25,26). The van der Waals surface area contributed by atoms with E-state index in [0.717, 1.165) is 24.0 Å². The van der Waals surface area contributed by atoms with E-state index in [-0.39, 0.29) is 6.03 Å². The van der Waals surface area contributed by atoms with Crippen LogP contribution in [-0.4, -0.2) is 17.6 Å². The number of nitrogens with one attached hydrogen (secondary N) is 3. The normalized spacial score (nSPS) is 11.1. The molecule has 0 fully saturated rings. The summed E-state index contributed by atoms with van der Waals surface area (Å²) in [5, 5.41) is 7.27. The van der Waals surface area contributed by atoms with E-state index in [1.165, 1.54) is 22.1 Å². The van der Waals surface area contributed by atoms with Crippen LogP contribution in [0.4, 0.5) is 10.5 Å². The number of urea groups is 1. The van der Waals surface area contributed by atoms with E-state index in [9.17, 15) is 4.79 Å². The maximum absolute atomic E-state index is 12.4. The summed E-state index contributed by atoms with van der Waals surface area (Å²) in [6, 6.07) is 14.3. The van der Waals surface area contributed by atoms with Crippen LogP contribution in [0.1, 0.15) is 43.4 Å². The molecule has 26 heavy (non-hydrogen) atoms. The Morgan fingerprint density at radius 2 is 1.88 bits per heavy atom. The lowest BCUT2D eigenvalue weighted by atomic mass is 9.96. The average Bonchev–Trinajstić information content (AvgIpc) is 3.05. The molecule has 2 amide bonds. The van der Waals surface area contributed by atoms with Crippen LogP contribution < -0.4 is 10.6 Å². The molecule has 1 heterocycles. The SMILES string of the molecule is CCc1cccc(C(C)C)c1NC(=O)NCCc1c[nH]c2ccccc12. The summed E-state index contributed by atoms with van der Waals surface area (Å²) in [5.41, 5.74) is 5.65. The maximum Gasteiger partial charge on any atom is 0.319 e. The lowest BCUT2D eigenvalue weighted by Crippen LogP contribution is -2.31. The number of hydrogen-bond acceptors (Lipinski definition) is 1. The van der Waals surface area contributed by atoms with E-state index in [4.69, 9.17) is 0 Å². The van der Waals surface area contributed by atoms with Crippen LogP contribution in [0.5, 0.6) is 0 Å². The summed E-state index contributed by atoms with van der Waals surface area (Å²) < 4.78 is 0. The number of carbonyl (C=O) groups is 1. The highest BCUT2D eigenvalue weighted by Crippen LogP contribution is 2.28. The molecule has 0 unspecified atom stereocenters. The Morgan fingerprint density at radius 1 is 1.08 bits per heavy atom. The molecule has 3 aromatic rings. The van der Waals surface area contributed by atoms with Crippen molar-refractivity contribution < 1.29 is 4.79 Å². The lowest BCUT2D eigenvalue weighted by molar-refractivity contribution is 0.252. The summed E-state index contributed by atoms with van der Waals surface area (Å²) in [6.45, 7) is 7.00. The summed E-state index contributed by atoms with van der Waals surface area (Å²) in [7, 11) is 0. The van der Waals surface area contributed by atoms with Gasteiger partial charge in [0.1, 0.15) is 0 Å². The van der Waals surface area contributed by atoms with E-state index in [2.05, 4.69) is 66.7 Å². The number of aromatic amines is 1. The molecule has 0 saturated carbocycles. The van der Waals surface area contributed by atoms with Gasteiger partial charge in [-0.1, -0.05) is 57.2 Å². The number of para-hydroxylation sites is 2. The van der Waals surface area contributed by atoms with Crippen molar-refractivity contribution in [2.75, 3.05) is 11.9 Å². The van der Waals surface area contributed by atoms with Gasteiger partial charge in [0.25, 0.3) is 0 Å². The van der Waals surface area contributed by atoms with Crippen molar-refractivity contribution in [3.8, 4) is 0 Å². The van der Waals surface area contributed by atoms with Crippen molar-refractivity contribution in [3.63, 3.8) is 0 Å². The number of aryl methyl sites for hydroxylation is 1. The van der Waals surface area contributed by atoms with Crippen molar-refractivity contribution in [1.82, 2.24) is 10.3 Å². The number of rotatable bonds is 6. The van der Waals surface area contributed by atoms with Crippen LogP contribution in [0.15, 0.2) is 48.7 Å². The van der Waals surface area contributed by atoms with Crippen molar-refractivity contribution in [1.29, 1.82) is 0 Å². The second-order valence-corrected chi connectivity index (χ2v) is 6.88. The number of hydrogen-bond donors (Lipinski definition) is 3. The molecule has 1 aromatic heterocycles. The number of aromatic nitrogens is 1. The van der Waals surface area contributed by atoms with Crippen molar-refractivity contribution in [2.45, 2.75) is 39.5 Å². The van der Waals surface area contributed by atoms with Crippen molar-refractivity contribution in [2.24, 2.45) is 0 Å². The Hall–Kier alpha value is -2.75. The summed E-state index contributed by atoms with van der Waals surface area (Å²) in [4.78, 5) is 15.7. The van der Waals surface area contributed by atoms with Gasteiger partial charge >= 0.3 is 6.03 Å². The highest BCUT2D eigenvalue weighted by molar-refractivity contribution is 5.91. The molecule has 0 bridgehead atoms. The third-order valence-corrected chi connectivity index (χ3v) is 4.78. The van der Waals surface area contributed by atoms with Gasteiger partial charge in [0.2, 0.25) is 0 Å². The maximum atomic E-state index is 12.4. The Labute approximate surface area is 155 Å². The van der Waals surface area contributed by atoms with Crippen LogP contribution in [0.2, 0.25) is 0 Å². The van der Waals surface area contributed by atoms with Gasteiger partial charge in [-0.25, -0.2) is 4.79 Å². The van der Waals surface area contributed by atoms with Gasteiger partial charge in [0.05, 0.1) is 0 Å². The van der Waals surface area contributed by atoms with E-state index in [1.54, 1.807) is 0 Å². The topological polar surface area (TPSA) is 56.9 Å². The molecule has 3 N–H and O–H groups in total. The first-order chi connectivity index (χ1) is 12.6. The van der Waals surface area contributed by atoms with Gasteiger partial charge in [-0.05, 0) is 41.5 Å². The second-order valence-electron chi connectivity index (χ2n) is 6.88. The van der Waals surface area contributed by atoms with Crippen LogP contribution in [0.3, 0.4) is 0 Å². The predicted molar refractivity (Wildman–Crippen MR) is 109 cm³/mol. The highest BCUT2D eigenvalue weighted by Gasteiger charge is 2.13. The quantitative estimate of drug-likeness (QED) is 0.561. The minimum absolute atomic E-state index is 0.146. The lowest BCUT2D eigenvalue weighted by Gasteiger charge is -2.18. The van der Waals surface area contributed by atoms with Gasteiger partial charge < -0.3 is 15.6 Å². The first kappa shape index (κ1) is 18.1. The van der Waals surface area contributed by atoms with E-state index >= 15 is 0 Å². The zero-order valence-corrected chi connectivity index (χ0v) is 15.7. The molecular formula is C22H27N3O. The first-order valence-electron chi connectivity index (χ1n) is 9.31. The molecule has 136 valence electrons. The summed E-state index contributed by atoms with van der Waals surface area (Å²) in [6.07, 6.45) is 3.71. The molecule has 0 radical (unpaired) electrons. The summed E-state index contributed by atoms with van der Waals surface area (Å²) in [5.74, 6) is 0.364. The van der Waals surface area contributed by atoms with Gasteiger partial charge in [0.15, 0.2) is 0 Å². The first-order valence-corrected chi connectivity index (χ1v) is 9.31. The van der Waals surface area contributed by atoms with Crippen LogP contribution in [-0.2, 0) is 12.8 Å². The Bertz CT molecular complexity index is 895. The molecule has 0 aliphatic heterocycles. The second kappa shape index (κ2) is 8.09. The van der Waals surface area contributed by atoms with E-state index in [1.807, 2.05) is 18.3 Å². The molecule has 0 saturated heterocycles. The third kappa shape index (κ3) is 3.90. The van der Waals surface area contributed by atoms with E-state index < -0.39 is 0 Å². The van der Waals surface area contributed by atoms with E-state index in [0.29, 0.717) is 12.5 Å². The third-order valence-electron chi connectivity index (χ3n) is 4.78. The predicted octanol–water partition coefficient (Wildman–Crippen LogP) is 5.22. The van der Waals surface area contributed by atoms with Gasteiger partial charge in [0, 0.05) is 29.3 Å². The molecular weight excluding hydrogens is 322 g/mol. The average molecular weight is 349 g/mol.